The van der Waals surface area contributed by atoms with Crippen molar-refractivity contribution in [1.82, 2.24) is 15.1 Å². The first-order chi connectivity index (χ1) is 15.5. The van der Waals surface area contributed by atoms with Gasteiger partial charge in [0.05, 0.1) is 0 Å². The van der Waals surface area contributed by atoms with Crippen LogP contribution in [0.5, 0.6) is 0 Å². The van der Waals surface area contributed by atoms with Crippen molar-refractivity contribution in [2.45, 2.75) is 31.7 Å². The summed E-state index contributed by atoms with van der Waals surface area (Å²) >= 11 is 1.33. The Morgan fingerprint density at radius 3 is 2.56 bits per heavy atom. The molecule has 1 aliphatic heterocycles. The Labute approximate surface area is 192 Å². The van der Waals surface area contributed by atoms with Crippen molar-refractivity contribution in [2.24, 2.45) is 0 Å². The minimum atomic E-state index is -0.454. The van der Waals surface area contributed by atoms with Gasteiger partial charge in [0.25, 0.3) is 0 Å². The number of nitrogens with one attached hydrogen (secondary N) is 1. The van der Waals surface area contributed by atoms with Crippen LogP contribution >= 0.6 is 11.3 Å². The maximum absolute atomic E-state index is 12.9. The summed E-state index contributed by atoms with van der Waals surface area (Å²) in [6, 6.07) is 17.5. The molecule has 1 aliphatic rings. The van der Waals surface area contributed by atoms with Crippen molar-refractivity contribution in [3.63, 3.8) is 0 Å². The van der Waals surface area contributed by atoms with Crippen LogP contribution in [-0.4, -0.2) is 53.6 Å². The molecule has 2 heterocycles. The first kappa shape index (κ1) is 22.0. The van der Waals surface area contributed by atoms with E-state index in [0.717, 1.165) is 28.2 Å². The van der Waals surface area contributed by atoms with Gasteiger partial charge in [-0.05, 0) is 49.1 Å². The van der Waals surface area contributed by atoms with Gasteiger partial charge >= 0.3 is 0 Å². The fourth-order valence-corrected chi connectivity index (χ4v) is 4.61. The SMILES string of the molecule is CN(C)c1ccc(-c2nnc(NC(=O)C3CCCN3C(=O)CCc3ccccc3)s2)cc1. The summed E-state index contributed by atoms with van der Waals surface area (Å²) in [5.41, 5.74) is 3.18. The summed E-state index contributed by atoms with van der Waals surface area (Å²) in [6.07, 6.45) is 2.58. The Balaban J connectivity index is 1.36. The van der Waals surface area contributed by atoms with Crippen LogP contribution < -0.4 is 10.2 Å². The van der Waals surface area contributed by atoms with E-state index in [1.165, 1.54) is 11.3 Å². The molecule has 2 amide bonds. The zero-order valence-electron chi connectivity index (χ0n) is 18.3. The average molecular weight is 450 g/mol. The van der Waals surface area contributed by atoms with Crippen molar-refractivity contribution in [3.8, 4) is 10.6 Å². The van der Waals surface area contributed by atoms with Gasteiger partial charge in [0.15, 0.2) is 0 Å². The molecule has 7 nitrogen and oxygen atoms in total. The van der Waals surface area contributed by atoms with Gasteiger partial charge in [-0.3, -0.25) is 14.9 Å². The predicted octanol–water partition coefficient (Wildman–Crippen LogP) is 3.83. The molecule has 1 unspecified atom stereocenters. The first-order valence-electron chi connectivity index (χ1n) is 10.8. The van der Waals surface area contributed by atoms with Crippen molar-refractivity contribution >= 4 is 34.0 Å². The third-order valence-electron chi connectivity index (χ3n) is 5.63. The number of carbonyl (C=O) groups excluding carboxylic acids is 2. The molecule has 0 aliphatic carbocycles. The normalized spacial score (nSPS) is 15.6. The lowest BCUT2D eigenvalue weighted by Gasteiger charge is -2.23. The predicted molar refractivity (Wildman–Crippen MR) is 128 cm³/mol. The molecule has 3 aromatic rings. The van der Waals surface area contributed by atoms with Crippen LogP contribution in [0, 0.1) is 0 Å². The second-order valence-corrected chi connectivity index (χ2v) is 9.05. The maximum atomic E-state index is 12.9. The molecule has 1 atom stereocenters. The number of hydrogen-bond acceptors (Lipinski definition) is 6. The number of hydrogen-bond donors (Lipinski definition) is 1. The molecule has 1 aromatic heterocycles. The summed E-state index contributed by atoms with van der Waals surface area (Å²) in [4.78, 5) is 29.4. The number of benzene rings is 2. The molecule has 0 saturated carbocycles. The Morgan fingerprint density at radius 2 is 1.84 bits per heavy atom. The molecule has 4 rings (SSSR count). The largest absolute Gasteiger partial charge is 0.378 e. The van der Waals surface area contributed by atoms with Gasteiger partial charge in [-0.15, -0.1) is 10.2 Å². The highest BCUT2D eigenvalue weighted by Crippen LogP contribution is 2.28. The summed E-state index contributed by atoms with van der Waals surface area (Å²) in [6.45, 7) is 0.616. The number of aromatic nitrogens is 2. The van der Waals surface area contributed by atoms with Crippen LogP contribution in [0.2, 0.25) is 0 Å². The molecule has 2 aromatic carbocycles. The van der Waals surface area contributed by atoms with Crippen LogP contribution in [0.1, 0.15) is 24.8 Å². The molecule has 0 spiro atoms. The zero-order valence-corrected chi connectivity index (χ0v) is 19.1. The van der Waals surface area contributed by atoms with Crippen molar-refractivity contribution in [3.05, 3.63) is 60.2 Å². The molecule has 166 valence electrons. The van der Waals surface area contributed by atoms with Crippen molar-refractivity contribution in [1.29, 1.82) is 0 Å². The number of nitrogens with zero attached hydrogens (tertiary/aromatic N) is 4. The van der Waals surface area contributed by atoms with Crippen LogP contribution in [0.4, 0.5) is 10.8 Å². The molecule has 1 fully saturated rings. The standard InChI is InChI=1S/C24H27N5O2S/c1-28(2)19-13-11-18(12-14-19)23-26-27-24(32-23)25-22(31)20-9-6-16-29(20)21(30)15-10-17-7-4-3-5-8-17/h3-5,7-8,11-14,20H,6,9-10,15-16H2,1-2H3,(H,25,27,31). The minimum Gasteiger partial charge on any atom is -0.378 e. The highest BCUT2D eigenvalue weighted by Gasteiger charge is 2.34. The summed E-state index contributed by atoms with van der Waals surface area (Å²) in [7, 11) is 3.98. The fraction of sp³-hybridized carbons (Fsp3) is 0.333. The van der Waals surface area contributed by atoms with Crippen LogP contribution in [0.25, 0.3) is 10.6 Å². The van der Waals surface area contributed by atoms with Gasteiger partial charge in [0.1, 0.15) is 11.0 Å². The molecular weight excluding hydrogens is 422 g/mol. The molecule has 0 bridgehead atoms. The van der Waals surface area contributed by atoms with E-state index >= 15 is 0 Å². The molecule has 8 heteroatoms. The fourth-order valence-electron chi connectivity index (χ4n) is 3.86. The van der Waals surface area contributed by atoms with Gasteiger partial charge in [-0.2, -0.15) is 0 Å². The Hall–Kier alpha value is -3.26. The molecular formula is C24H27N5O2S. The van der Waals surface area contributed by atoms with E-state index in [2.05, 4.69) is 15.5 Å². The highest BCUT2D eigenvalue weighted by atomic mass is 32.1. The third kappa shape index (κ3) is 5.13. The smallest absolute Gasteiger partial charge is 0.249 e. The van der Waals surface area contributed by atoms with E-state index in [1.807, 2.05) is 73.6 Å². The van der Waals surface area contributed by atoms with E-state index in [0.29, 0.717) is 30.9 Å². The van der Waals surface area contributed by atoms with E-state index in [-0.39, 0.29) is 11.8 Å². The lowest BCUT2D eigenvalue weighted by atomic mass is 10.1. The monoisotopic (exact) mass is 449 g/mol. The maximum Gasteiger partial charge on any atom is 0.249 e. The van der Waals surface area contributed by atoms with Gasteiger partial charge in [-0.1, -0.05) is 41.7 Å². The van der Waals surface area contributed by atoms with E-state index < -0.39 is 6.04 Å². The van der Waals surface area contributed by atoms with Crippen LogP contribution in [0.15, 0.2) is 54.6 Å². The van der Waals surface area contributed by atoms with Crippen LogP contribution in [0.3, 0.4) is 0 Å². The quantitative estimate of drug-likeness (QED) is 0.593. The van der Waals surface area contributed by atoms with E-state index in [1.54, 1.807) is 4.90 Å². The van der Waals surface area contributed by atoms with E-state index in [9.17, 15) is 9.59 Å². The molecule has 0 radical (unpaired) electrons. The first-order valence-corrected chi connectivity index (χ1v) is 11.6. The number of anilines is 2. The van der Waals surface area contributed by atoms with E-state index in [4.69, 9.17) is 0 Å². The number of rotatable bonds is 7. The second-order valence-electron chi connectivity index (χ2n) is 8.07. The van der Waals surface area contributed by atoms with Crippen LogP contribution in [-0.2, 0) is 16.0 Å². The molecule has 1 saturated heterocycles. The number of likely N-dealkylation sites (tertiary alicyclic amines) is 1. The summed E-state index contributed by atoms with van der Waals surface area (Å²) in [5.74, 6) is -0.174. The van der Waals surface area contributed by atoms with Gasteiger partial charge in [0.2, 0.25) is 16.9 Å². The third-order valence-corrected chi connectivity index (χ3v) is 6.52. The average Bonchev–Trinajstić information content (AvgIpc) is 3.48. The minimum absolute atomic E-state index is 0.0189. The topological polar surface area (TPSA) is 78.4 Å². The Kier molecular flexibility index (Phi) is 6.80. The van der Waals surface area contributed by atoms with Crippen molar-refractivity contribution in [2.75, 3.05) is 30.9 Å². The lowest BCUT2D eigenvalue weighted by Crippen LogP contribution is -2.43. The lowest BCUT2D eigenvalue weighted by molar-refractivity contribution is -0.136. The molecule has 1 N–H and O–H groups in total. The second kappa shape index (κ2) is 9.91. The summed E-state index contributed by atoms with van der Waals surface area (Å²) in [5, 5.41) is 12.4. The Morgan fingerprint density at radius 1 is 1.09 bits per heavy atom. The number of carbonyl (C=O) groups is 2. The molecule has 32 heavy (non-hydrogen) atoms. The number of aryl methyl sites for hydroxylation is 1. The van der Waals surface area contributed by atoms with Gasteiger partial charge in [-0.25, -0.2) is 0 Å². The summed E-state index contributed by atoms with van der Waals surface area (Å²) < 4.78 is 0. The highest BCUT2D eigenvalue weighted by molar-refractivity contribution is 7.18. The Bertz CT molecular complexity index is 1070. The van der Waals surface area contributed by atoms with Gasteiger partial charge < -0.3 is 9.80 Å². The van der Waals surface area contributed by atoms with Crippen molar-refractivity contribution < 1.29 is 9.59 Å². The number of amides is 2. The zero-order chi connectivity index (χ0) is 22.5. The van der Waals surface area contributed by atoms with Gasteiger partial charge in [0, 0.05) is 38.3 Å².